The van der Waals surface area contributed by atoms with Crippen molar-refractivity contribution in [3.8, 4) is 0 Å². The highest BCUT2D eigenvalue weighted by molar-refractivity contribution is 5.80. The number of carbonyl (C=O) groups excluding carboxylic acids is 1. The lowest BCUT2D eigenvalue weighted by Gasteiger charge is -2.35. The second kappa shape index (κ2) is 6.22. The van der Waals surface area contributed by atoms with Crippen LogP contribution in [0.3, 0.4) is 0 Å². The summed E-state index contributed by atoms with van der Waals surface area (Å²) in [6.07, 6.45) is 2.24. The van der Waals surface area contributed by atoms with Crippen LogP contribution in [0.2, 0.25) is 0 Å². The van der Waals surface area contributed by atoms with Gasteiger partial charge in [-0.3, -0.25) is 4.79 Å². The van der Waals surface area contributed by atoms with E-state index < -0.39 is 11.4 Å². The molecule has 120 valence electrons. The summed E-state index contributed by atoms with van der Waals surface area (Å²) in [5, 5.41) is 9.55. The molecule has 0 bridgehead atoms. The van der Waals surface area contributed by atoms with Gasteiger partial charge in [0, 0.05) is 39.4 Å². The summed E-state index contributed by atoms with van der Waals surface area (Å²) in [7, 11) is 1.81. The zero-order chi connectivity index (χ0) is 15.6. The molecule has 0 aromatic rings. The Hall–Kier alpha value is -1.30. The summed E-state index contributed by atoms with van der Waals surface area (Å²) in [5.41, 5.74) is -0.799. The highest BCUT2D eigenvalue weighted by atomic mass is 16.5. The fourth-order valence-electron chi connectivity index (χ4n) is 3.34. The van der Waals surface area contributed by atoms with Crippen LogP contribution in [-0.4, -0.2) is 66.3 Å². The first-order valence-corrected chi connectivity index (χ1v) is 7.71. The fourth-order valence-corrected chi connectivity index (χ4v) is 3.34. The molecular formula is C15H26N2O4. The number of urea groups is 1. The molecule has 1 N–H and O–H groups in total. The third kappa shape index (κ3) is 3.00. The topological polar surface area (TPSA) is 70.1 Å². The molecule has 2 fully saturated rings. The Labute approximate surface area is 126 Å². The van der Waals surface area contributed by atoms with E-state index in [-0.39, 0.29) is 18.0 Å². The van der Waals surface area contributed by atoms with E-state index in [1.165, 1.54) is 0 Å². The monoisotopic (exact) mass is 298 g/mol. The van der Waals surface area contributed by atoms with E-state index in [0.29, 0.717) is 32.7 Å². The molecule has 6 nitrogen and oxygen atoms in total. The number of carboxylic acids is 1. The van der Waals surface area contributed by atoms with Gasteiger partial charge in [-0.1, -0.05) is 13.8 Å². The molecule has 2 amide bonds. The van der Waals surface area contributed by atoms with E-state index in [0.717, 1.165) is 12.8 Å². The maximum atomic E-state index is 12.6. The van der Waals surface area contributed by atoms with Gasteiger partial charge in [-0.05, 0) is 25.2 Å². The van der Waals surface area contributed by atoms with Crippen LogP contribution in [0.15, 0.2) is 0 Å². The van der Waals surface area contributed by atoms with Crippen molar-refractivity contribution in [3.63, 3.8) is 0 Å². The molecule has 0 radical (unpaired) electrons. The molecule has 2 aliphatic heterocycles. The van der Waals surface area contributed by atoms with Crippen molar-refractivity contribution in [2.75, 3.05) is 33.4 Å². The van der Waals surface area contributed by atoms with Crippen molar-refractivity contribution in [3.05, 3.63) is 0 Å². The summed E-state index contributed by atoms with van der Waals surface area (Å²) in [5.74, 6) is -0.775. The smallest absolute Gasteiger partial charge is 0.320 e. The van der Waals surface area contributed by atoms with Crippen LogP contribution < -0.4 is 0 Å². The van der Waals surface area contributed by atoms with Gasteiger partial charge in [-0.2, -0.15) is 0 Å². The van der Waals surface area contributed by atoms with Gasteiger partial charge in [-0.25, -0.2) is 4.79 Å². The molecule has 2 aliphatic rings. The summed E-state index contributed by atoms with van der Waals surface area (Å²) < 4.78 is 5.32. The highest BCUT2D eigenvalue weighted by Crippen LogP contribution is 2.38. The van der Waals surface area contributed by atoms with Crippen LogP contribution in [0.25, 0.3) is 0 Å². The molecule has 2 heterocycles. The lowest BCUT2D eigenvalue weighted by molar-refractivity contribution is -0.150. The average Bonchev–Trinajstić information content (AvgIpc) is 2.93. The normalized spacial score (nSPS) is 27.1. The van der Waals surface area contributed by atoms with E-state index in [2.05, 4.69) is 0 Å². The van der Waals surface area contributed by atoms with Gasteiger partial charge in [0.2, 0.25) is 0 Å². The predicted molar refractivity (Wildman–Crippen MR) is 78.1 cm³/mol. The minimum absolute atomic E-state index is 0.0150. The molecule has 2 saturated heterocycles. The largest absolute Gasteiger partial charge is 0.481 e. The summed E-state index contributed by atoms with van der Waals surface area (Å²) >= 11 is 0. The summed E-state index contributed by atoms with van der Waals surface area (Å²) in [6, 6.07) is 0.149. The van der Waals surface area contributed by atoms with E-state index in [9.17, 15) is 14.7 Å². The predicted octanol–water partition coefficient (Wildman–Crippen LogP) is 1.65. The second-order valence-electron chi connectivity index (χ2n) is 6.52. The number of aliphatic carboxylic acids is 1. The molecule has 6 heteroatoms. The van der Waals surface area contributed by atoms with Gasteiger partial charge in [0.15, 0.2) is 0 Å². The third-order valence-corrected chi connectivity index (χ3v) is 5.14. The number of hydrogen-bond acceptors (Lipinski definition) is 3. The molecule has 0 aromatic heterocycles. The van der Waals surface area contributed by atoms with Crippen molar-refractivity contribution >= 4 is 12.0 Å². The SMILES string of the molecule is CC(C)C1(C(=O)O)CCN(C(=O)N(C)C2CCOCC2)C1. The fraction of sp³-hybridized carbons (Fsp3) is 0.867. The van der Waals surface area contributed by atoms with Crippen LogP contribution >= 0.6 is 0 Å². The van der Waals surface area contributed by atoms with E-state index in [1.54, 1.807) is 9.80 Å². The highest BCUT2D eigenvalue weighted by Gasteiger charge is 2.49. The number of ether oxygens (including phenoxy) is 1. The molecule has 0 aromatic carbocycles. The van der Waals surface area contributed by atoms with Crippen molar-refractivity contribution in [2.45, 2.75) is 39.2 Å². The summed E-state index contributed by atoms with van der Waals surface area (Å²) in [4.78, 5) is 27.7. The maximum Gasteiger partial charge on any atom is 0.320 e. The number of rotatable bonds is 3. The molecule has 1 atom stereocenters. The van der Waals surface area contributed by atoms with Gasteiger partial charge in [0.05, 0.1) is 5.41 Å². The van der Waals surface area contributed by atoms with Gasteiger partial charge in [-0.15, -0.1) is 0 Å². The van der Waals surface area contributed by atoms with Crippen LogP contribution in [0.5, 0.6) is 0 Å². The molecule has 2 rings (SSSR count). The van der Waals surface area contributed by atoms with Gasteiger partial charge in [0.1, 0.15) is 0 Å². The zero-order valence-electron chi connectivity index (χ0n) is 13.2. The Kier molecular flexibility index (Phi) is 4.76. The Morgan fingerprint density at radius 1 is 1.33 bits per heavy atom. The maximum absolute atomic E-state index is 12.6. The Balaban J connectivity index is 2.02. The van der Waals surface area contributed by atoms with Crippen LogP contribution in [0, 0.1) is 11.3 Å². The lowest BCUT2D eigenvalue weighted by Crippen LogP contribution is -2.48. The Morgan fingerprint density at radius 2 is 1.95 bits per heavy atom. The van der Waals surface area contributed by atoms with Crippen molar-refractivity contribution < 1.29 is 19.4 Å². The van der Waals surface area contributed by atoms with Crippen LogP contribution in [-0.2, 0) is 9.53 Å². The average molecular weight is 298 g/mol. The molecule has 1 unspecified atom stereocenters. The molecule has 0 spiro atoms. The van der Waals surface area contributed by atoms with Crippen molar-refractivity contribution in [2.24, 2.45) is 11.3 Å². The quantitative estimate of drug-likeness (QED) is 0.860. The second-order valence-corrected chi connectivity index (χ2v) is 6.52. The number of carboxylic acid groups (broad SMARTS) is 1. The zero-order valence-corrected chi connectivity index (χ0v) is 13.2. The minimum atomic E-state index is -0.799. The number of carbonyl (C=O) groups is 2. The van der Waals surface area contributed by atoms with E-state index in [1.807, 2.05) is 20.9 Å². The van der Waals surface area contributed by atoms with Crippen LogP contribution in [0.4, 0.5) is 4.79 Å². The first kappa shape index (κ1) is 16.1. The first-order valence-electron chi connectivity index (χ1n) is 7.71. The van der Waals surface area contributed by atoms with Gasteiger partial charge < -0.3 is 19.6 Å². The number of likely N-dealkylation sites (tertiary alicyclic amines) is 1. The molecule has 21 heavy (non-hydrogen) atoms. The van der Waals surface area contributed by atoms with E-state index in [4.69, 9.17) is 4.74 Å². The number of hydrogen-bond donors (Lipinski definition) is 1. The number of amides is 2. The third-order valence-electron chi connectivity index (χ3n) is 5.14. The molecule has 0 aliphatic carbocycles. The van der Waals surface area contributed by atoms with Crippen molar-refractivity contribution in [1.82, 2.24) is 9.80 Å². The lowest BCUT2D eigenvalue weighted by atomic mass is 9.76. The molecular weight excluding hydrogens is 272 g/mol. The Morgan fingerprint density at radius 3 is 2.43 bits per heavy atom. The standard InChI is InChI=1S/C15H26N2O4/c1-11(2)15(13(18)19)6-7-17(10-15)14(20)16(3)12-4-8-21-9-5-12/h11-12H,4-10H2,1-3H3,(H,18,19). The van der Waals surface area contributed by atoms with Crippen LogP contribution in [0.1, 0.15) is 33.1 Å². The summed E-state index contributed by atoms with van der Waals surface area (Å²) in [6.45, 7) is 6.05. The van der Waals surface area contributed by atoms with Crippen molar-refractivity contribution in [1.29, 1.82) is 0 Å². The molecule has 0 saturated carbocycles. The van der Waals surface area contributed by atoms with E-state index >= 15 is 0 Å². The minimum Gasteiger partial charge on any atom is -0.481 e. The number of nitrogens with zero attached hydrogens (tertiary/aromatic N) is 2. The van der Waals surface area contributed by atoms with Gasteiger partial charge in [0.25, 0.3) is 0 Å². The first-order chi connectivity index (χ1) is 9.88. The van der Waals surface area contributed by atoms with Gasteiger partial charge >= 0.3 is 12.0 Å². The Bertz CT molecular complexity index is 406.